The SMILES string of the molecule is NC(=O)c1nnsc1N1CCN(c2cccc(Cl)c2)CC1. The number of halogens is 1. The van der Waals surface area contributed by atoms with Crippen molar-refractivity contribution < 1.29 is 4.79 Å². The molecule has 1 fully saturated rings. The summed E-state index contributed by atoms with van der Waals surface area (Å²) in [6.07, 6.45) is 0. The number of carbonyl (C=O) groups is 1. The maximum Gasteiger partial charge on any atom is 0.272 e. The van der Waals surface area contributed by atoms with Crippen molar-refractivity contribution in [2.45, 2.75) is 0 Å². The highest BCUT2D eigenvalue weighted by Crippen LogP contribution is 2.26. The van der Waals surface area contributed by atoms with Crippen LogP contribution in [-0.4, -0.2) is 41.7 Å². The largest absolute Gasteiger partial charge is 0.368 e. The van der Waals surface area contributed by atoms with Crippen LogP contribution in [-0.2, 0) is 0 Å². The summed E-state index contributed by atoms with van der Waals surface area (Å²) in [6, 6.07) is 7.82. The molecule has 110 valence electrons. The van der Waals surface area contributed by atoms with E-state index in [4.69, 9.17) is 17.3 Å². The van der Waals surface area contributed by atoms with Gasteiger partial charge < -0.3 is 15.5 Å². The maximum absolute atomic E-state index is 11.3. The summed E-state index contributed by atoms with van der Waals surface area (Å²) in [7, 11) is 0. The van der Waals surface area contributed by atoms with Crippen molar-refractivity contribution in [3.63, 3.8) is 0 Å². The van der Waals surface area contributed by atoms with Crippen LogP contribution in [0, 0.1) is 0 Å². The van der Waals surface area contributed by atoms with Crippen LogP contribution in [0.4, 0.5) is 10.7 Å². The van der Waals surface area contributed by atoms with Crippen LogP contribution in [0.25, 0.3) is 0 Å². The normalized spacial score (nSPS) is 15.3. The highest BCUT2D eigenvalue weighted by atomic mass is 35.5. The minimum absolute atomic E-state index is 0.260. The quantitative estimate of drug-likeness (QED) is 0.929. The minimum atomic E-state index is -0.531. The van der Waals surface area contributed by atoms with Gasteiger partial charge in [0.2, 0.25) is 0 Å². The summed E-state index contributed by atoms with van der Waals surface area (Å²) in [4.78, 5) is 15.7. The van der Waals surface area contributed by atoms with Crippen molar-refractivity contribution in [3.8, 4) is 0 Å². The average Bonchev–Trinajstić information content (AvgIpc) is 2.97. The Morgan fingerprint density at radius 3 is 2.62 bits per heavy atom. The van der Waals surface area contributed by atoms with E-state index in [0.29, 0.717) is 0 Å². The molecule has 0 bridgehead atoms. The second-order valence-electron chi connectivity index (χ2n) is 4.74. The molecule has 2 aromatic rings. The summed E-state index contributed by atoms with van der Waals surface area (Å²) < 4.78 is 3.83. The molecule has 1 aliphatic heterocycles. The van der Waals surface area contributed by atoms with Crippen LogP contribution in [0.1, 0.15) is 10.5 Å². The van der Waals surface area contributed by atoms with Gasteiger partial charge in [-0.2, -0.15) is 0 Å². The van der Waals surface area contributed by atoms with E-state index >= 15 is 0 Å². The third-order valence-corrected chi connectivity index (χ3v) is 4.47. The fourth-order valence-corrected chi connectivity index (χ4v) is 3.30. The first-order valence-corrected chi connectivity index (χ1v) is 7.68. The number of piperazine rings is 1. The molecular formula is C13H14ClN5OS. The fraction of sp³-hybridized carbons (Fsp3) is 0.308. The summed E-state index contributed by atoms with van der Waals surface area (Å²) >= 11 is 7.23. The highest BCUT2D eigenvalue weighted by Gasteiger charge is 2.24. The van der Waals surface area contributed by atoms with Crippen LogP contribution in [0.3, 0.4) is 0 Å². The Kier molecular flexibility index (Phi) is 3.94. The molecule has 3 rings (SSSR count). The van der Waals surface area contributed by atoms with Gasteiger partial charge in [0.15, 0.2) is 5.69 Å². The van der Waals surface area contributed by atoms with Crippen molar-refractivity contribution in [3.05, 3.63) is 35.0 Å². The van der Waals surface area contributed by atoms with Crippen LogP contribution >= 0.6 is 23.1 Å². The molecule has 0 radical (unpaired) electrons. The summed E-state index contributed by atoms with van der Waals surface area (Å²) in [5.74, 6) is -0.531. The Bertz CT molecular complexity index is 654. The molecule has 0 aliphatic carbocycles. The van der Waals surface area contributed by atoms with Crippen LogP contribution in [0.2, 0.25) is 5.02 Å². The van der Waals surface area contributed by atoms with E-state index in [1.165, 1.54) is 11.5 Å². The summed E-state index contributed by atoms with van der Waals surface area (Å²) in [6.45, 7) is 3.26. The monoisotopic (exact) mass is 323 g/mol. The van der Waals surface area contributed by atoms with Crippen LogP contribution < -0.4 is 15.5 Å². The van der Waals surface area contributed by atoms with Crippen molar-refractivity contribution in [2.24, 2.45) is 5.73 Å². The number of primary amides is 1. The van der Waals surface area contributed by atoms with Gasteiger partial charge in [0, 0.05) is 48.4 Å². The molecule has 1 aromatic heterocycles. The summed E-state index contributed by atoms with van der Waals surface area (Å²) in [5.41, 5.74) is 6.69. The molecule has 1 saturated heterocycles. The van der Waals surface area contributed by atoms with Crippen LogP contribution in [0.15, 0.2) is 24.3 Å². The van der Waals surface area contributed by atoms with Crippen molar-refractivity contribution in [1.82, 2.24) is 9.59 Å². The van der Waals surface area contributed by atoms with Gasteiger partial charge in [-0.15, -0.1) is 5.10 Å². The number of nitrogens with two attached hydrogens (primary N) is 1. The zero-order valence-corrected chi connectivity index (χ0v) is 12.8. The number of aromatic nitrogens is 2. The smallest absolute Gasteiger partial charge is 0.272 e. The Balaban J connectivity index is 1.70. The van der Waals surface area contributed by atoms with Gasteiger partial charge in [0.05, 0.1) is 0 Å². The molecule has 0 spiro atoms. The van der Waals surface area contributed by atoms with Gasteiger partial charge in [-0.1, -0.05) is 22.2 Å². The number of nitrogens with zero attached hydrogens (tertiary/aromatic N) is 4. The van der Waals surface area contributed by atoms with E-state index in [-0.39, 0.29) is 5.69 Å². The molecule has 1 aromatic carbocycles. The lowest BCUT2D eigenvalue weighted by Gasteiger charge is -2.36. The first-order chi connectivity index (χ1) is 10.1. The minimum Gasteiger partial charge on any atom is -0.368 e. The lowest BCUT2D eigenvalue weighted by molar-refractivity contribution is 0.0996. The Labute approximate surface area is 131 Å². The first-order valence-electron chi connectivity index (χ1n) is 6.53. The topological polar surface area (TPSA) is 75.3 Å². The standard InChI is InChI=1S/C13H14ClN5OS/c14-9-2-1-3-10(8-9)18-4-6-19(7-5-18)13-11(12(15)20)16-17-21-13/h1-3,8H,4-7H2,(H2,15,20). The molecule has 6 nitrogen and oxygen atoms in total. The average molecular weight is 324 g/mol. The van der Waals surface area contributed by atoms with E-state index in [1.807, 2.05) is 24.3 Å². The number of anilines is 2. The van der Waals surface area contributed by atoms with E-state index in [9.17, 15) is 4.79 Å². The van der Waals surface area contributed by atoms with E-state index in [0.717, 1.165) is 41.9 Å². The number of benzene rings is 1. The van der Waals surface area contributed by atoms with Gasteiger partial charge in [-0.25, -0.2) is 0 Å². The second kappa shape index (κ2) is 5.87. The molecule has 0 atom stereocenters. The third kappa shape index (κ3) is 2.93. The summed E-state index contributed by atoms with van der Waals surface area (Å²) in [5, 5.41) is 5.29. The number of rotatable bonds is 3. The highest BCUT2D eigenvalue weighted by molar-refractivity contribution is 7.10. The maximum atomic E-state index is 11.3. The number of hydrogen-bond acceptors (Lipinski definition) is 6. The Morgan fingerprint density at radius 2 is 1.95 bits per heavy atom. The number of hydrogen-bond donors (Lipinski definition) is 1. The fourth-order valence-electron chi connectivity index (χ4n) is 2.39. The lowest BCUT2D eigenvalue weighted by Crippen LogP contribution is -2.46. The van der Waals surface area contributed by atoms with Crippen molar-refractivity contribution >= 4 is 39.7 Å². The molecule has 21 heavy (non-hydrogen) atoms. The van der Waals surface area contributed by atoms with Gasteiger partial charge in [-0.3, -0.25) is 4.79 Å². The molecule has 2 heterocycles. The predicted molar refractivity (Wildman–Crippen MR) is 84.3 cm³/mol. The van der Waals surface area contributed by atoms with Crippen molar-refractivity contribution in [2.75, 3.05) is 36.0 Å². The Morgan fingerprint density at radius 1 is 1.24 bits per heavy atom. The molecule has 2 N–H and O–H groups in total. The molecule has 8 heteroatoms. The van der Waals surface area contributed by atoms with E-state index in [2.05, 4.69) is 19.4 Å². The third-order valence-electron chi connectivity index (χ3n) is 3.44. The molecular weight excluding hydrogens is 310 g/mol. The molecule has 1 amide bonds. The second-order valence-corrected chi connectivity index (χ2v) is 5.91. The van der Waals surface area contributed by atoms with Gasteiger partial charge in [0.25, 0.3) is 5.91 Å². The van der Waals surface area contributed by atoms with Crippen molar-refractivity contribution in [1.29, 1.82) is 0 Å². The van der Waals surface area contributed by atoms with E-state index < -0.39 is 5.91 Å². The van der Waals surface area contributed by atoms with E-state index in [1.54, 1.807) is 0 Å². The van der Waals surface area contributed by atoms with Gasteiger partial charge in [-0.05, 0) is 18.2 Å². The molecule has 0 unspecified atom stereocenters. The zero-order valence-electron chi connectivity index (χ0n) is 11.2. The molecule has 1 aliphatic rings. The lowest BCUT2D eigenvalue weighted by atomic mass is 10.2. The van der Waals surface area contributed by atoms with Gasteiger partial charge in [0.1, 0.15) is 5.00 Å². The first kappa shape index (κ1) is 14.1. The zero-order chi connectivity index (χ0) is 14.8. The predicted octanol–water partition coefficient (Wildman–Crippen LogP) is 1.62. The van der Waals surface area contributed by atoms with Crippen LogP contribution in [0.5, 0.6) is 0 Å². The van der Waals surface area contributed by atoms with Gasteiger partial charge >= 0.3 is 0 Å². The number of amides is 1. The number of carbonyl (C=O) groups excluding carboxylic acids is 1. The molecule has 0 saturated carbocycles. The Hall–Kier alpha value is -1.86.